The fourth-order valence-corrected chi connectivity index (χ4v) is 4.23. The third-order valence-electron chi connectivity index (χ3n) is 4.74. The van der Waals surface area contributed by atoms with Gasteiger partial charge in [0.2, 0.25) is 10.0 Å². The molecule has 30 heavy (non-hydrogen) atoms. The number of rotatable bonds is 8. The zero-order chi connectivity index (χ0) is 20.9. The number of halogens is 1. The first kappa shape index (κ1) is 24.4. The van der Waals surface area contributed by atoms with Crippen molar-refractivity contribution in [3.63, 3.8) is 0 Å². The van der Waals surface area contributed by atoms with Crippen LogP contribution in [0.5, 0.6) is 5.75 Å². The molecule has 1 aliphatic carbocycles. The number of aliphatic imine (C=N–C) groups is 1. The number of nitrogens with zero attached hydrogens (tertiary/aromatic N) is 2. The Labute approximate surface area is 196 Å². The van der Waals surface area contributed by atoms with Crippen LogP contribution in [0.3, 0.4) is 0 Å². The van der Waals surface area contributed by atoms with E-state index in [1.807, 2.05) is 48.3 Å². The van der Waals surface area contributed by atoms with Crippen LogP contribution >= 0.6 is 24.0 Å². The minimum Gasteiger partial charge on any atom is -0.497 e. The van der Waals surface area contributed by atoms with Gasteiger partial charge in [-0.1, -0.05) is 24.3 Å². The molecule has 0 atom stereocenters. The number of guanidine groups is 1. The van der Waals surface area contributed by atoms with Crippen LogP contribution in [0.2, 0.25) is 0 Å². The fraction of sp³-hybridized carbons (Fsp3) is 0.381. The SMILES string of the molecule is CN=C(NCc1ccc(S(=O)(=O)NC2CC2)cc1)N(C)Cc1ccc(OC)cc1.I. The number of hydrogen-bond acceptors (Lipinski definition) is 4. The number of hydrogen-bond donors (Lipinski definition) is 2. The second-order valence-corrected chi connectivity index (χ2v) is 8.86. The molecule has 3 rings (SSSR count). The molecule has 0 aliphatic heterocycles. The largest absolute Gasteiger partial charge is 0.497 e. The molecule has 0 aromatic heterocycles. The first-order valence-corrected chi connectivity index (χ1v) is 11.1. The van der Waals surface area contributed by atoms with Crippen molar-refractivity contribution in [1.82, 2.24) is 14.9 Å². The summed E-state index contributed by atoms with van der Waals surface area (Å²) in [5.74, 6) is 1.59. The minimum atomic E-state index is -3.41. The molecule has 1 fully saturated rings. The molecule has 0 spiro atoms. The summed E-state index contributed by atoms with van der Waals surface area (Å²) in [5, 5.41) is 3.31. The minimum absolute atomic E-state index is 0. The number of benzene rings is 2. The molecule has 1 saturated carbocycles. The molecule has 0 amide bonds. The van der Waals surface area contributed by atoms with E-state index in [0.29, 0.717) is 18.0 Å². The maximum Gasteiger partial charge on any atom is 0.240 e. The van der Waals surface area contributed by atoms with Gasteiger partial charge in [0.25, 0.3) is 0 Å². The Bertz CT molecular complexity index is 943. The highest BCUT2D eigenvalue weighted by molar-refractivity contribution is 14.0. The van der Waals surface area contributed by atoms with Crippen molar-refractivity contribution >= 4 is 40.0 Å². The molecule has 2 N–H and O–H groups in total. The molecular weight excluding hydrogens is 515 g/mol. The zero-order valence-electron chi connectivity index (χ0n) is 17.5. The fourth-order valence-electron chi connectivity index (χ4n) is 2.92. The van der Waals surface area contributed by atoms with E-state index in [1.54, 1.807) is 26.3 Å². The highest BCUT2D eigenvalue weighted by Crippen LogP contribution is 2.22. The van der Waals surface area contributed by atoms with Gasteiger partial charge >= 0.3 is 0 Å². The topological polar surface area (TPSA) is 83.0 Å². The third-order valence-corrected chi connectivity index (χ3v) is 6.27. The van der Waals surface area contributed by atoms with Crippen LogP contribution in [-0.4, -0.2) is 46.5 Å². The Hall–Kier alpha value is -1.85. The van der Waals surface area contributed by atoms with E-state index in [2.05, 4.69) is 15.0 Å². The molecule has 0 radical (unpaired) electrons. The average Bonchev–Trinajstić information content (AvgIpc) is 3.52. The van der Waals surface area contributed by atoms with Crippen molar-refractivity contribution < 1.29 is 13.2 Å². The lowest BCUT2D eigenvalue weighted by Gasteiger charge is -2.22. The van der Waals surface area contributed by atoms with E-state index in [9.17, 15) is 8.42 Å². The predicted octanol–water partition coefficient (Wildman–Crippen LogP) is 2.96. The van der Waals surface area contributed by atoms with Crippen molar-refractivity contribution in [3.05, 3.63) is 59.7 Å². The van der Waals surface area contributed by atoms with E-state index in [1.165, 1.54) is 0 Å². The van der Waals surface area contributed by atoms with Gasteiger partial charge in [0.15, 0.2) is 5.96 Å². The molecule has 0 unspecified atom stereocenters. The molecule has 0 saturated heterocycles. The lowest BCUT2D eigenvalue weighted by atomic mass is 10.2. The lowest BCUT2D eigenvalue weighted by molar-refractivity contribution is 0.414. The van der Waals surface area contributed by atoms with Crippen LogP contribution in [0, 0.1) is 0 Å². The summed E-state index contributed by atoms with van der Waals surface area (Å²) >= 11 is 0. The van der Waals surface area contributed by atoms with Crippen LogP contribution in [0.25, 0.3) is 0 Å². The molecule has 2 aromatic rings. The molecule has 1 aliphatic rings. The van der Waals surface area contributed by atoms with Gasteiger partial charge in [-0.3, -0.25) is 4.99 Å². The normalized spacial score (nSPS) is 14.0. The summed E-state index contributed by atoms with van der Waals surface area (Å²) in [6.07, 6.45) is 1.84. The van der Waals surface area contributed by atoms with Gasteiger partial charge in [-0.15, -0.1) is 24.0 Å². The van der Waals surface area contributed by atoms with Gasteiger partial charge in [-0.2, -0.15) is 0 Å². The molecular formula is C21H29IN4O3S. The molecule has 164 valence electrons. The average molecular weight is 544 g/mol. The molecule has 2 aromatic carbocycles. The Morgan fingerprint density at radius 1 is 1.10 bits per heavy atom. The summed E-state index contributed by atoms with van der Waals surface area (Å²) in [4.78, 5) is 6.66. The second-order valence-electron chi connectivity index (χ2n) is 7.14. The summed E-state index contributed by atoms with van der Waals surface area (Å²) in [6.45, 7) is 1.25. The van der Waals surface area contributed by atoms with Gasteiger partial charge in [0.1, 0.15) is 5.75 Å². The van der Waals surface area contributed by atoms with Crippen molar-refractivity contribution in [2.75, 3.05) is 21.2 Å². The van der Waals surface area contributed by atoms with Gasteiger partial charge < -0.3 is 15.0 Å². The Morgan fingerprint density at radius 2 is 1.70 bits per heavy atom. The summed E-state index contributed by atoms with van der Waals surface area (Å²) in [5.41, 5.74) is 2.13. The quantitative estimate of drug-likeness (QED) is 0.304. The van der Waals surface area contributed by atoms with Crippen molar-refractivity contribution in [3.8, 4) is 5.75 Å². The van der Waals surface area contributed by atoms with Crippen LogP contribution in [0.1, 0.15) is 24.0 Å². The number of methoxy groups -OCH3 is 1. The van der Waals surface area contributed by atoms with E-state index in [4.69, 9.17) is 4.74 Å². The van der Waals surface area contributed by atoms with E-state index in [-0.39, 0.29) is 30.0 Å². The predicted molar refractivity (Wildman–Crippen MR) is 130 cm³/mol. The van der Waals surface area contributed by atoms with Gasteiger partial charge in [-0.25, -0.2) is 13.1 Å². The molecule has 9 heteroatoms. The molecule has 7 nitrogen and oxygen atoms in total. The number of nitrogens with one attached hydrogen (secondary N) is 2. The van der Waals surface area contributed by atoms with Crippen LogP contribution in [0.4, 0.5) is 0 Å². The van der Waals surface area contributed by atoms with Gasteiger partial charge in [-0.05, 0) is 48.2 Å². The summed E-state index contributed by atoms with van der Waals surface area (Å²) in [7, 11) is 1.95. The molecule has 0 heterocycles. The summed E-state index contributed by atoms with van der Waals surface area (Å²) in [6, 6.07) is 15.0. The van der Waals surface area contributed by atoms with E-state index in [0.717, 1.165) is 35.7 Å². The number of sulfonamides is 1. The third kappa shape index (κ3) is 6.85. The van der Waals surface area contributed by atoms with Crippen LogP contribution in [-0.2, 0) is 23.1 Å². The first-order chi connectivity index (χ1) is 13.9. The monoisotopic (exact) mass is 544 g/mol. The Kier molecular flexibility index (Phi) is 8.92. The first-order valence-electron chi connectivity index (χ1n) is 9.57. The highest BCUT2D eigenvalue weighted by atomic mass is 127. The van der Waals surface area contributed by atoms with E-state index >= 15 is 0 Å². The highest BCUT2D eigenvalue weighted by Gasteiger charge is 2.27. The van der Waals surface area contributed by atoms with Crippen LogP contribution in [0.15, 0.2) is 58.4 Å². The second kappa shape index (κ2) is 11.0. The number of ether oxygens (including phenoxy) is 1. The smallest absolute Gasteiger partial charge is 0.240 e. The van der Waals surface area contributed by atoms with Crippen molar-refractivity contribution in [1.29, 1.82) is 0 Å². The lowest BCUT2D eigenvalue weighted by Crippen LogP contribution is -2.38. The standard InChI is InChI=1S/C21H28N4O3S.HI/c1-22-21(25(2)15-17-4-10-19(28-3)11-5-17)23-14-16-6-12-20(13-7-16)29(26,27)24-18-8-9-18;/h4-7,10-13,18,24H,8-9,14-15H2,1-3H3,(H,22,23);1H. The van der Waals surface area contributed by atoms with Gasteiger partial charge in [0, 0.05) is 33.2 Å². The molecule has 0 bridgehead atoms. The Balaban J connectivity index is 0.00000320. The Morgan fingerprint density at radius 3 is 2.23 bits per heavy atom. The summed E-state index contributed by atoms with van der Waals surface area (Å²) < 4.78 is 32.4. The zero-order valence-corrected chi connectivity index (χ0v) is 20.6. The van der Waals surface area contributed by atoms with Gasteiger partial charge in [0.05, 0.1) is 12.0 Å². The van der Waals surface area contributed by atoms with E-state index < -0.39 is 10.0 Å². The van der Waals surface area contributed by atoms with Crippen molar-refractivity contribution in [2.24, 2.45) is 4.99 Å². The van der Waals surface area contributed by atoms with Crippen LogP contribution < -0.4 is 14.8 Å². The maximum atomic E-state index is 12.2. The van der Waals surface area contributed by atoms with Crippen molar-refractivity contribution in [2.45, 2.75) is 36.9 Å². The maximum absolute atomic E-state index is 12.2.